The van der Waals surface area contributed by atoms with E-state index in [1.165, 1.54) is 18.3 Å². The van der Waals surface area contributed by atoms with Crippen LogP contribution >= 0.6 is 0 Å². The van der Waals surface area contributed by atoms with Crippen molar-refractivity contribution in [3.05, 3.63) is 77.5 Å². The van der Waals surface area contributed by atoms with Gasteiger partial charge in [-0.15, -0.1) is 0 Å². The maximum atomic E-state index is 12.7. The van der Waals surface area contributed by atoms with Crippen LogP contribution in [0, 0.1) is 6.92 Å². The Morgan fingerprint density at radius 3 is 2.42 bits per heavy atom. The van der Waals surface area contributed by atoms with Gasteiger partial charge in [0.25, 0.3) is 5.91 Å². The number of aromatic nitrogens is 1. The molecule has 0 radical (unpaired) electrons. The summed E-state index contributed by atoms with van der Waals surface area (Å²) in [6.07, 6.45) is -2.87. The molecule has 1 amide bonds. The van der Waals surface area contributed by atoms with Crippen LogP contribution in [0.5, 0.6) is 0 Å². The molecule has 134 valence electrons. The Bertz CT molecular complexity index is 915. The number of hydrogen-bond donors (Lipinski definition) is 1. The van der Waals surface area contributed by atoms with Crippen molar-refractivity contribution >= 4 is 5.91 Å². The molecule has 3 aromatic rings. The number of benzene rings is 2. The first-order valence-electron chi connectivity index (χ1n) is 7.81. The van der Waals surface area contributed by atoms with Gasteiger partial charge in [0, 0.05) is 12.5 Å². The quantitative estimate of drug-likeness (QED) is 0.740. The molecule has 0 bridgehead atoms. The molecule has 0 saturated heterocycles. The minimum Gasteiger partial charge on any atom is -0.444 e. The summed E-state index contributed by atoms with van der Waals surface area (Å²) < 4.78 is 43.4. The van der Waals surface area contributed by atoms with Crippen molar-refractivity contribution in [2.24, 2.45) is 0 Å². The Hall–Kier alpha value is -3.09. The Labute approximate surface area is 147 Å². The van der Waals surface area contributed by atoms with Gasteiger partial charge in [0.15, 0.2) is 5.89 Å². The number of hydrogen-bond acceptors (Lipinski definition) is 3. The molecule has 0 unspecified atom stereocenters. The number of alkyl halides is 3. The van der Waals surface area contributed by atoms with E-state index in [0.29, 0.717) is 28.3 Å². The molecule has 0 spiro atoms. The van der Waals surface area contributed by atoms with E-state index in [4.69, 9.17) is 4.42 Å². The molecule has 1 aromatic heterocycles. The molecule has 0 aliphatic rings. The zero-order chi connectivity index (χ0) is 18.7. The lowest BCUT2D eigenvalue weighted by Gasteiger charge is -2.11. The lowest BCUT2D eigenvalue weighted by molar-refractivity contribution is -0.137. The highest BCUT2D eigenvalue weighted by atomic mass is 19.4. The van der Waals surface area contributed by atoms with Crippen LogP contribution in [0.2, 0.25) is 0 Å². The number of amides is 1. The third-order valence-electron chi connectivity index (χ3n) is 3.79. The van der Waals surface area contributed by atoms with Gasteiger partial charge in [0.1, 0.15) is 5.76 Å². The largest absolute Gasteiger partial charge is 0.444 e. The number of oxazole rings is 1. The van der Waals surface area contributed by atoms with E-state index in [1.807, 2.05) is 0 Å². The predicted molar refractivity (Wildman–Crippen MR) is 89.3 cm³/mol. The van der Waals surface area contributed by atoms with Gasteiger partial charge in [-0.25, -0.2) is 4.98 Å². The zero-order valence-corrected chi connectivity index (χ0v) is 13.8. The molecule has 7 heteroatoms. The normalized spacial score (nSPS) is 11.4. The molecular weight excluding hydrogens is 345 g/mol. The van der Waals surface area contributed by atoms with Crippen molar-refractivity contribution in [3.8, 4) is 11.1 Å². The van der Waals surface area contributed by atoms with Crippen LogP contribution < -0.4 is 5.32 Å². The first-order valence-corrected chi connectivity index (χ1v) is 7.81. The van der Waals surface area contributed by atoms with Crippen LogP contribution in [0.1, 0.15) is 27.6 Å². The van der Waals surface area contributed by atoms with Gasteiger partial charge in [0.05, 0.1) is 18.3 Å². The number of rotatable bonds is 4. The second-order valence-corrected chi connectivity index (χ2v) is 5.65. The second-order valence-electron chi connectivity index (χ2n) is 5.65. The number of halogens is 3. The van der Waals surface area contributed by atoms with E-state index in [9.17, 15) is 18.0 Å². The standard InChI is InChI=1S/C19H15F3N2O2/c1-12-23-10-15(26-12)11-24-18(25)17-5-3-2-4-16(17)13-6-8-14(9-7-13)19(20,21)22/h2-10H,11H2,1H3,(H,24,25). The number of nitrogens with zero attached hydrogens (tertiary/aromatic N) is 1. The van der Waals surface area contributed by atoms with E-state index in [2.05, 4.69) is 10.3 Å². The zero-order valence-electron chi connectivity index (χ0n) is 13.8. The van der Waals surface area contributed by atoms with Crippen LogP contribution in [-0.4, -0.2) is 10.9 Å². The topological polar surface area (TPSA) is 55.1 Å². The molecule has 4 nitrogen and oxygen atoms in total. The molecule has 2 aromatic carbocycles. The molecular formula is C19H15F3N2O2. The fourth-order valence-corrected chi connectivity index (χ4v) is 2.52. The van der Waals surface area contributed by atoms with Gasteiger partial charge in [-0.05, 0) is 29.3 Å². The van der Waals surface area contributed by atoms with E-state index in [1.54, 1.807) is 31.2 Å². The molecule has 1 heterocycles. The number of carbonyl (C=O) groups excluding carboxylic acids is 1. The third kappa shape index (κ3) is 3.93. The minimum absolute atomic E-state index is 0.168. The number of carbonyl (C=O) groups is 1. The van der Waals surface area contributed by atoms with Gasteiger partial charge in [-0.2, -0.15) is 13.2 Å². The summed E-state index contributed by atoms with van der Waals surface area (Å²) in [6.45, 7) is 1.87. The van der Waals surface area contributed by atoms with Gasteiger partial charge >= 0.3 is 6.18 Å². The summed E-state index contributed by atoms with van der Waals surface area (Å²) >= 11 is 0. The van der Waals surface area contributed by atoms with E-state index < -0.39 is 11.7 Å². The van der Waals surface area contributed by atoms with E-state index in [0.717, 1.165) is 12.1 Å². The van der Waals surface area contributed by atoms with Crippen molar-refractivity contribution in [1.82, 2.24) is 10.3 Å². The SMILES string of the molecule is Cc1ncc(CNC(=O)c2ccccc2-c2ccc(C(F)(F)F)cc2)o1. The first kappa shape index (κ1) is 17.7. The lowest BCUT2D eigenvalue weighted by atomic mass is 9.98. The van der Waals surface area contributed by atoms with E-state index in [-0.39, 0.29) is 12.5 Å². The summed E-state index contributed by atoms with van der Waals surface area (Å²) in [5.41, 5.74) is 0.708. The minimum atomic E-state index is -4.40. The van der Waals surface area contributed by atoms with E-state index >= 15 is 0 Å². The van der Waals surface area contributed by atoms with Gasteiger partial charge in [-0.3, -0.25) is 4.79 Å². The molecule has 0 aliphatic heterocycles. The van der Waals surface area contributed by atoms with Gasteiger partial charge in [0.2, 0.25) is 0 Å². The van der Waals surface area contributed by atoms with Crippen LogP contribution in [0.3, 0.4) is 0 Å². The molecule has 1 N–H and O–H groups in total. The summed E-state index contributed by atoms with van der Waals surface area (Å²) in [5.74, 6) is 0.664. The van der Waals surface area contributed by atoms with Crippen LogP contribution in [0.25, 0.3) is 11.1 Å². The molecule has 0 saturated carbocycles. The highest BCUT2D eigenvalue weighted by molar-refractivity contribution is 6.00. The lowest BCUT2D eigenvalue weighted by Crippen LogP contribution is -2.23. The monoisotopic (exact) mass is 360 g/mol. The average molecular weight is 360 g/mol. The molecule has 0 aliphatic carbocycles. The molecule has 0 fully saturated rings. The van der Waals surface area contributed by atoms with Crippen molar-refractivity contribution in [1.29, 1.82) is 0 Å². The van der Waals surface area contributed by atoms with Crippen molar-refractivity contribution < 1.29 is 22.4 Å². The summed E-state index contributed by atoms with van der Waals surface area (Å²) in [6, 6.07) is 11.4. The van der Waals surface area contributed by atoms with Crippen LogP contribution in [-0.2, 0) is 12.7 Å². The maximum absolute atomic E-state index is 12.7. The molecule has 26 heavy (non-hydrogen) atoms. The van der Waals surface area contributed by atoms with Crippen molar-refractivity contribution in [2.75, 3.05) is 0 Å². The predicted octanol–water partition coefficient (Wildman–Crippen LogP) is 4.60. The molecule has 0 atom stereocenters. The second kappa shape index (κ2) is 7.03. The van der Waals surface area contributed by atoms with Crippen molar-refractivity contribution in [2.45, 2.75) is 19.6 Å². The Kier molecular flexibility index (Phi) is 4.79. The van der Waals surface area contributed by atoms with Gasteiger partial charge < -0.3 is 9.73 Å². The highest BCUT2D eigenvalue weighted by Crippen LogP contribution is 2.31. The maximum Gasteiger partial charge on any atom is 0.416 e. The Morgan fingerprint density at radius 2 is 1.81 bits per heavy atom. The Morgan fingerprint density at radius 1 is 1.12 bits per heavy atom. The summed E-state index contributed by atoms with van der Waals surface area (Å²) in [4.78, 5) is 16.4. The van der Waals surface area contributed by atoms with Gasteiger partial charge in [-0.1, -0.05) is 30.3 Å². The smallest absolute Gasteiger partial charge is 0.416 e. The third-order valence-corrected chi connectivity index (χ3v) is 3.79. The summed E-state index contributed by atoms with van der Waals surface area (Å²) in [7, 11) is 0. The van der Waals surface area contributed by atoms with Crippen molar-refractivity contribution in [3.63, 3.8) is 0 Å². The molecule has 3 rings (SSSR count). The average Bonchev–Trinajstić information content (AvgIpc) is 3.04. The Balaban J connectivity index is 1.82. The fourth-order valence-electron chi connectivity index (χ4n) is 2.52. The van der Waals surface area contributed by atoms with Crippen LogP contribution in [0.4, 0.5) is 13.2 Å². The number of nitrogens with one attached hydrogen (secondary N) is 1. The first-order chi connectivity index (χ1) is 12.3. The van der Waals surface area contributed by atoms with Crippen LogP contribution in [0.15, 0.2) is 59.1 Å². The highest BCUT2D eigenvalue weighted by Gasteiger charge is 2.30. The number of aryl methyl sites for hydroxylation is 1. The summed E-state index contributed by atoms with van der Waals surface area (Å²) in [5, 5.41) is 2.72. The fraction of sp³-hybridized carbons (Fsp3) is 0.158.